The molecular formula is C21H28N3NaO3S. The van der Waals surface area contributed by atoms with Crippen molar-refractivity contribution in [1.82, 2.24) is 4.90 Å². The van der Waals surface area contributed by atoms with Crippen LogP contribution < -0.4 is 34.9 Å². The van der Waals surface area contributed by atoms with Crippen LogP contribution in [0, 0.1) is 0 Å². The Hall–Kier alpha value is -0.860. The van der Waals surface area contributed by atoms with Gasteiger partial charge in [-0.3, -0.25) is 9.69 Å². The van der Waals surface area contributed by atoms with Crippen LogP contribution in [0.5, 0.6) is 0 Å². The molecule has 1 aromatic rings. The van der Waals surface area contributed by atoms with Gasteiger partial charge in [0, 0.05) is 11.4 Å². The van der Waals surface area contributed by atoms with E-state index in [2.05, 4.69) is 27.9 Å². The van der Waals surface area contributed by atoms with E-state index in [0.717, 1.165) is 75.6 Å². The van der Waals surface area contributed by atoms with Crippen LogP contribution in [0.25, 0.3) is 4.72 Å². The maximum Gasteiger partial charge on any atom is 1.00 e. The summed E-state index contributed by atoms with van der Waals surface area (Å²) in [5.41, 5.74) is 5.74. The SMILES string of the molecule is CCN1CCC[C@H]1/C=C/S(=O)(=O)[N-]C(=O)Nc1c2c(cc3c1CCC3)CCC2.[Na+]. The van der Waals surface area contributed by atoms with Gasteiger partial charge in [-0.2, -0.15) is 0 Å². The Morgan fingerprint density at radius 1 is 1.17 bits per heavy atom. The van der Waals surface area contributed by atoms with Crippen molar-refractivity contribution >= 4 is 21.7 Å². The van der Waals surface area contributed by atoms with Crippen LogP contribution in [0.1, 0.15) is 54.9 Å². The second-order valence-electron chi connectivity index (χ2n) is 7.94. The first-order valence-corrected chi connectivity index (χ1v) is 11.8. The number of hydrogen-bond donors (Lipinski definition) is 1. The predicted octanol–water partition coefficient (Wildman–Crippen LogP) is 0.901. The third kappa shape index (κ3) is 5.07. The molecule has 2 aliphatic carbocycles. The van der Waals surface area contributed by atoms with E-state index >= 15 is 0 Å². The Kier molecular flexibility index (Phi) is 7.49. The standard InChI is InChI=1S/C21H29N3O3S.Na/c1-2-24-12-5-8-17(24)11-13-28(26,27)23-21(25)22-20-18-9-3-6-15(18)14-16-7-4-10-19(16)20;/h11,13-14,17H,2-10,12H2,1H3,(H2,22,23,25);/q;+1/p-1/b13-11+;/t17-;/m0./s1. The average molecular weight is 426 g/mol. The van der Waals surface area contributed by atoms with E-state index in [1.54, 1.807) is 6.08 Å². The number of likely N-dealkylation sites (N-methyl/N-ethyl adjacent to an activating group) is 1. The monoisotopic (exact) mass is 425 g/mol. The van der Waals surface area contributed by atoms with Crippen LogP contribution in [0.15, 0.2) is 17.6 Å². The van der Waals surface area contributed by atoms with Gasteiger partial charge < -0.3 is 10.0 Å². The first-order chi connectivity index (χ1) is 13.5. The quantitative estimate of drug-likeness (QED) is 0.711. The van der Waals surface area contributed by atoms with Crippen molar-refractivity contribution < 1.29 is 42.8 Å². The molecule has 1 atom stereocenters. The number of carbonyl (C=O) groups is 1. The fourth-order valence-corrected chi connectivity index (χ4v) is 5.61. The van der Waals surface area contributed by atoms with Crippen molar-refractivity contribution in [3.05, 3.63) is 44.5 Å². The third-order valence-corrected chi connectivity index (χ3v) is 7.13. The maximum absolute atomic E-state index is 12.4. The number of anilines is 1. The van der Waals surface area contributed by atoms with E-state index < -0.39 is 16.1 Å². The van der Waals surface area contributed by atoms with Gasteiger partial charge >= 0.3 is 29.6 Å². The van der Waals surface area contributed by atoms with E-state index in [9.17, 15) is 13.2 Å². The largest absolute Gasteiger partial charge is 1.00 e. The Bertz CT molecular complexity index is 882. The number of nitrogens with one attached hydrogen (secondary N) is 1. The van der Waals surface area contributed by atoms with Gasteiger partial charge in [-0.25, -0.2) is 8.42 Å². The summed E-state index contributed by atoms with van der Waals surface area (Å²) >= 11 is 0. The second kappa shape index (κ2) is 9.52. The number of amides is 2. The van der Waals surface area contributed by atoms with Gasteiger partial charge in [-0.15, -0.1) is 0 Å². The minimum absolute atomic E-state index is 0. The third-order valence-electron chi connectivity index (χ3n) is 6.21. The molecule has 0 spiro atoms. The van der Waals surface area contributed by atoms with Crippen molar-refractivity contribution in [2.75, 3.05) is 18.4 Å². The average Bonchev–Trinajstić information content (AvgIpc) is 3.39. The summed E-state index contributed by atoms with van der Waals surface area (Å²) in [5, 5.41) is 3.91. The fraction of sp³-hybridized carbons (Fsp3) is 0.571. The van der Waals surface area contributed by atoms with Gasteiger partial charge in [0.1, 0.15) is 0 Å². The first kappa shape index (κ1) is 22.8. The summed E-state index contributed by atoms with van der Waals surface area (Å²) in [4.78, 5) is 14.7. The van der Waals surface area contributed by atoms with Gasteiger partial charge in [0.25, 0.3) is 0 Å². The number of hydrogen-bond acceptors (Lipinski definition) is 4. The summed E-state index contributed by atoms with van der Waals surface area (Å²) in [5.74, 6) is 0. The van der Waals surface area contributed by atoms with E-state index in [-0.39, 0.29) is 35.6 Å². The molecule has 1 fully saturated rings. The van der Waals surface area contributed by atoms with Gasteiger partial charge in [0.2, 0.25) is 0 Å². The number of urea groups is 1. The minimum Gasteiger partial charge on any atom is -0.423 e. The number of fused-ring (bicyclic) bond motifs is 2. The molecular weight excluding hydrogens is 397 g/mol. The number of rotatable bonds is 5. The number of sulfonamides is 1. The van der Waals surface area contributed by atoms with Crippen LogP contribution in [0.4, 0.5) is 10.5 Å². The van der Waals surface area contributed by atoms with Gasteiger partial charge in [-0.1, -0.05) is 19.1 Å². The van der Waals surface area contributed by atoms with E-state index in [1.165, 1.54) is 22.3 Å². The number of carbonyl (C=O) groups excluding carboxylic acids is 1. The van der Waals surface area contributed by atoms with Crippen LogP contribution in [-0.4, -0.2) is 38.5 Å². The second-order valence-corrected chi connectivity index (χ2v) is 9.42. The fourth-order valence-electron chi connectivity index (χ4n) is 4.90. The van der Waals surface area contributed by atoms with E-state index in [0.29, 0.717) is 0 Å². The molecule has 1 N–H and O–H groups in total. The Morgan fingerprint density at radius 2 is 1.83 bits per heavy atom. The van der Waals surface area contributed by atoms with E-state index in [4.69, 9.17) is 0 Å². The number of likely N-dealkylation sites (tertiary alicyclic amines) is 1. The molecule has 4 rings (SSSR count). The van der Waals surface area contributed by atoms with Crippen LogP contribution >= 0.6 is 0 Å². The Labute approximate surface area is 195 Å². The van der Waals surface area contributed by atoms with Crippen LogP contribution in [0.3, 0.4) is 0 Å². The summed E-state index contributed by atoms with van der Waals surface area (Å²) < 4.78 is 28.1. The van der Waals surface area contributed by atoms with Gasteiger partial charge in [-0.05, 0) is 92.4 Å². The van der Waals surface area contributed by atoms with Crippen molar-refractivity contribution in [3.8, 4) is 0 Å². The topological polar surface area (TPSA) is 80.6 Å². The normalized spacial score (nSPS) is 21.1. The number of nitrogens with zero attached hydrogens (tertiary/aromatic N) is 2. The molecule has 6 nitrogen and oxygen atoms in total. The molecule has 1 aliphatic heterocycles. The smallest absolute Gasteiger partial charge is 0.423 e. The van der Waals surface area contributed by atoms with Gasteiger partial charge in [0.05, 0.1) is 0 Å². The molecule has 0 bridgehead atoms. The molecule has 8 heteroatoms. The van der Waals surface area contributed by atoms with Crippen molar-refractivity contribution in [1.29, 1.82) is 0 Å². The summed E-state index contributed by atoms with van der Waals surface area (Å²) in [6, 6.07) is 1.59. The molecule has 1 aromatic carbocycles. The van der Waals surface area contributed by atoms with Crippen LogP contribution in [0.2, 0.25) is 0 Å². The van der Waals surface area contributed by atoms with E-state index in [1.807, 2.05) is 0 Å². The molecule has 0 aromatic heterocycles. The molecule has 3 aliphatic rings. The van der Waals surface area contributed by atoms with Crippen molar-refractivity contribution in [2.24, 2.45) is 0 Å². The zero-order valence-electron chi connectivity index (χ0n) is 17.4. The van der Waals surface area contributed by atoms with Crippen molar-refractivity contribution in [2.45, 2.75) is 64.3 Å². The number of aryl methyl sites for hydroxylation is 2. The summed E-state index contributed by atoms with van der Waals surface area (Å²) in [6.07, 6.45) is 9.74. The molecule has 0 radical (unpaired) electrons. The molecule has 0 saturated carbocycles. The van der Waals surface area contributed by atoms with Gasteiger partial charge in [0.15, 0.2) is 16.1 Å². The summed E-state index contributed by atoms with van der Waals surface area (Å²) in [6.45, 7) is 3.93. The summed E-state index contributed by atoms with van der Waals surface area (Å²) in [7, 11) is -3.94. The molecule has 1 saturated heterocycles. The van der Waals surface area contributed by atoms with Crippen molar-refractivity contribution in [3.63, 3.8) is 0 Å². The molecule has 0 unspecified atom stereocenters. The molecule has 152 valence electrons. The first-order valence-electron chi connectivity index (χ1n) is 10.3. The molecule has 2 amide bonds. The van der Waals surface area contributed by atoms with Crippen LogP contribution in [-0.2, 0) is 35.7 Å². The maximum atomic E-state index is 12.4. The predicted molar refractivity (Wildman–Crippen MR) is 111 cm³/mol. The zero-order valence-corrected chi connectivity index (χ0v) is 20.2. The Balaban J connectivity index is 0.00000240. The molecule has 29 heavy (non-hydrogen) atoms. The molecule has 1 heterocycles. The number of benzene rings is 1. The Morgan fingerprint density at radius 3 is 2.45 bits per heavy atom. The zero-order chi connectivity index (χ0) is 19.7. The minimum atomic E-state index is -3.94.